The molecule has 2 heterocycles. The van der Waals surface area contributed by atoms with Crippen LogP contribution in [0.2, 0.25) is 0 Å². The number of hydrogen-bond acceptors (Lipinski definition) is 5. The first kappa shape index (κ1) is 22.9. The van der Waals surface area contributed by atoms with Crippen molar-refractivity contribution in [3.05, 3.63) is 54.2 Å². The molecular weight excluding hydrogens is 388 g/mol. The molecule has 7 heteroatoms. The summed E-state index contributed by atoms with van der Waals surface area (Å²) in [5.74, 6) is 1.83. The molecule has 31 heavy (non-hydrogen) atoms. The van der Waals surface area contributed by atoms with Crippen LogP contribution in [-0.2, 0) is 11.3 Å². The number of nitrogens with zero attached hydrogens (tertiary/aromatic N) is 4. The fourth-order valence-corrected chi connectivity index (χ4v) is 3.73. The molecule has 0 spiro atoms. The summed E-state index contributed by atoms with van der Waals surface area (Å²) in [6, 6.07) is 14.8. The minimum Gasteiger partial charge on any atom is -0.375 e. The van der Waals surface area contributed by atoms with Crippen molar-refractivity contribution >= 4 is 17.5 Å². The largest absolute Gasteiger partial charge is 0.375 e. The number of ether oxygens (including phenoxy) is 1. The number of pyridine rings is 1. The third-order valence-corrected chi connectivity index (χ3v) is 5.46. The Morgan fingerprint density at radius 3 is 2.74 bits per heavy atom. The molecular formula is C24H36N6O. The molecule has 2 aromatic rings. The van der Waals surface area contributed by atoms with Gasteiger partial charge in [0.15, 0.2) is 5.96 Å². The number of nitrogens with one attached hydrogen (secondary N) is 2. The highest BCUT2D eigenvalue weighted by Gasteiger charge is 2.17. The number of hydrogen-bond donors (Lipinski definition) is 2. The smallest absolute Gasteiger partial charge is 0.191 e. The standard InChI is InChI=1S/C24H36N6O/c1-4-29(22-9-6-5-7-10-22)14-8-13-26-24(25-3)28-18-21-11-12-23(27-17-21)30-15-16-31-20(2)19-30/h5-7,9-12,17,20H,4,8,13-16,18-19H2,1-3H3,(H2,25,26,28). The first-order chi connectivity index (χ1) is 15.2. The Morgan fingerprint density at radius 2 is 2.06 bits per heavy atom. The summed E-state index contributed by atoms with van der Waals surface area (Å²) in [5, 5.41) is 6.79. The SMILES string of the molecule is CCN(CCCNC(=NC)NCc1ccc(N2CCOC(C)C2)nc1)c1ccccc1. The minimum atomic E-state index is 0.253. The molecule has 7 nitrogen and oxygen atoms in total. The van der Waals surface area contributed by atoms with Crippen molar-refractivity contribution in [1.82, 2.24) is 15.6 Å². The van der Waals surface area contributed by atoms with E-state index in [1.807, 2.05) is 6.20 Å². The molecule has 1 aliphatic heterocycles. The number of anilines is 2. The van der Waals surface area contributed by atoms with E-state index in [4.69, 9.17) is 4.74 Å². The highest BCUT2D eigenvalue weighted by atomic mass is 16.5. The van der Waals surface area contributed by atoms with Crippen molar-refractivity contribution in [3.63, 3.8) is 0 Å². The van der Waals surface area contributed by atoms with E-state index in [0.717, 1.165) is 63.1 Å². The van der Waals surface area contributed by atoms with Crippen LogP contribution in [0.5, 0.6) is 0 Å². The van der Waals surface area contributed by atoms with Gasteiger partial charge in [0.2, 0.25) is 0 Å². The zero-order chi connectivity index (χ0) is 21.9. The van der Waals surface area contributed by atoms with Gasteiger partial charge >= 0.3 is 0 Å². The summed E-state index contributed by atoms with van der Waals surface area (Å²) in [6.07, 6.45) is 3.23. The van der Waals surface area contributed by atoms with Crippen molar-refractivity contribution < 1.29 is 4.74 Å². The van der Waals surface area contributed by atoms with E-state index in [1.165, 1.54) is 5.69 Å². The lowest BCUT2D eigenvalue weighted by Crippen LogP contribution is -2.41. The summed E-state index contributed by atoms with van der Waals surface area (Å²) >= 11 is 0. The number of rotatable bonds is 9. The van der Waals surface area contributed by atoms with E-state index >= 15 is 0 Å². The van der Waals surface area contributed by atoms with Gasteiger partial charge in [0.25, 0.3) is 0 Å². The first-order valence-corrected chi connectivity index (χ1v) is 11.3. The molecule has 1 fully saturated rings. The fourth-order valence-electron chi connectivity index (χ4n) is 3.73. The quantitative estimate of drug-likeness (QED) is 0.367. The predicted molar refractivity (Wildman–Crippen MR) is 129 cm³/mol. The maximum absolute atomic E-state index is 5.61. The Labute approximate surface area is 186 Å². The molecule has 0 saturated carbocycles. The summed E-state index contributed by atoms with van der Waals surface area (Å²) in [4.78, 5) is 13.6. The van der Waals surface area contributed by atoms with Gasteiger partial charge in [0.1, 0.15) is 5.82 Å². The normalized spacial score (nSPS) is 16.8. The third kappa shape index (κ3) is 7.14. The molecule has 1 saturated heterocycles. The zero-order valence-corrected chi connectivity index (χ0v) is 19.1. The number of para-hydroxylation sites is 1. The van der Waals surface area contributed by atoms with Gasteiger partial charge in [0.05, 0.1) is 12.7 Å². The average Bonchev–Trinajstić information content (AvgIpc) is 2.82. The maximum Gasteiger partial charge on any atom is 0.191 e. The fraction of sp³-hybridized carbons (Fsp3) is 0.500. The molecule has 0 bridgehead atoms. The molecule has 168 valence electrons. The van der Waals surface area contributed by atoms with Crippen LogP contribution in [0.4, 0.5) is 11.5 Å². The highest BCUT2D eigenvalue weighted by Crippen LogP contribution is 2.15. The van der Waals surface area contributed by atoms with Crippen LogP contribution in [0.1, 0.15) is 25.8 Å². The Kier molecular flexibility index (Phi) is 8.97. The van der Waals surface area contributed by atoms with Gasteiger partial charge in [0, 0.05) is 58.2 Å². The van der Waals surface area contributed by atoms with Crippen LogP contribution in [0, 0.1) is 0 Å². The molecule has 1 unspecified atom stereocenters. The molecule has 1 aromatic carbocycles. The van der Waals surface area contributed by atoms with Gasteiger partial charge in [-0.15, -0.1) is 0 Å². The van der Waals surface area contributed by atoms with Gasteiger partial charge in [-0.1, -0.05) is 24.3 Å². The second-order valence-electron chi connectivity index (χ2n) is 7.77. The van der Waals surface area contributed by atoms with Crippen molar-refractivity contribution in [2.24, 2.45) is 4.99 Å². The minimum absolute atomic E-state index is 0.253. The van der Waals surface area contributed by atoms with Gasteiger partial charge in [-0.3, -0.25) is 4.99 Å². The lowest BCUT2D eigenvalue weighted by molar-refractivity contribution is 0.0529. The Hall–Kier alpha value is -2.80. The Morgan fingerprint density at radius 1 is 1.23 bits per heavy atom. The number of benzene rings is 1. The maximum atomic E-state index is 5.61. The van der Waals surface area contributed by atoms with E-state index in [1.54, 1.807) is 7.05 Å². The molecule has 0 radical (unpaired) electrons. The molecule has 1 aliphatic rings. The molecule has 0 amide bonds. The van der Waals surface area contributed by atoms with Crippen molar-refractivity contribution in [3.8, 4) is 0 Å². The zero-order valence-electron chi connectivity index (χ0n) is 19.1. The van der Waals surface area contributed by atoms with Crippen molar-refractivity contribution in [1.29, 1.82) is 0 Å². The van der Waals surface area contributed by atoms with Crippen LogP contribution in [0.25, 0.3) is 0 Å². The number of guanidine groups is 1. The summed E-state index contributed by atoms with van der Waals surface area (Å²) in [5.41, 5.74) is 2.41. The van der Waals surface area contributed by atoms with Gasteiger partial charge in [-0.2, -0.15) is 0 Å². The van der Waals surface area contributed by atoms with Crippen molar-refractivity contribution in [2.45, 2.75) is 32.9 Å². The highest BCUT2D eigenvalue weighted by molar-refractivity contribution is 5.79. The number of aliphatic imine (C=N–C) groups is 1. The summed E-state index contributed by atoms with van der Waals surface area (Å²) < 4.78 is 5.61. The van der Waals surface area contributed by atoms with Crippen LogP contribution in [-0.4, -0.2) is 63.4 Å². The summed E-state index contributed by atoms with van der Waals surface area (Å²) in [6.45, 7) is 10.4. The molecule has 1 atom stereocenters. The second kappa shape index (κ2) is 12.2. The van der Waals surface area contributed by atoms with E-state index in [-0.39, 0.29) is 6.10 Å². The molecule has 2 N–H and O–H groups in total. The van der Waals surface area contributed by atoms with Crippen LogP contribution in [0.3, 0.4) is 0 Å². The van der Waals surface area contributed by atoms with E-state index in [9.17, 15) is 0 Å². The van der Waals surface area contributed by atoms with E-state index in [2.05, 4.69) is 86.7 Å². The van der Waals surface area contributed by atoms with Gasteiger partial charge < -0.3 is 25.2 Å². The van der Waals surface area contributed by atoms with Crippen LogP contribution in [0.15, 0.2) is 53.7 Å². The Balaban J connectivity index is 1.39. The topological polar surface area (TPSA) is 65.0 Å². The molecule has 1 aromatic heterocycles. The lowest BCUT2D eigenvalue weighted by Gasteiger charge is -2.32. The average molecular weight is 425 g/mol. The van der Waals surface area contributed by atoms with E-state index < -0.39 is 0 Å². The molecule has 3 rings (SSSR count). The lowest BCUT2D eigenvalue weighted by atomic mass is 10.2. The molecule has 0 aliphatic carbocycles. The Bertz CT molecular complexity index is 795. The second-order valence-corrected chi connectivity index (χ2v) is 7.77. The first-order valence-electron chi connectivity index (χ1n) is 11.3. The predicted octanol–water partition coefficient (Wildman–Crippen LogP) is 2.89. The van der Waals surface area contributed by atoms with Crippen LogP contribution >= 0.6 is 0 Å². The van der Waals surface area contributed by atoms with Gasteiger partial charge in [-0.25, -0.2) is 4.98 Å². The number of morpholine rings is 1. The third-order valence-electron chi connectivity index (χ3n) is 5.46. The van der Waals surface area contributed by atoms with E-state index in [0.29, 0.717) is 6.54 Å². The number of aromatic nitrogens is 1. The summed E-state index contributed by atoms with van der Waals surface area (Å²) in [7, 11) is 1.80. The monoisotopic (exact) mass is 424 g/mol. The van der Waals surface area contributed by atoms with Crippen molar-refractivity contribution in [2.75, 3.05) is 56.2 Å². The van der Waals surface area contributed by atoms with Crippen LogP contribution < -0.4 is 20.4 Å². The van der Waals surface area contributed by atoms with Gasteiger partial charge in [-0.05, 0) is 44.0 Å².